The fourth-order valence-corrected chi connectivity index (χ4v) is 4.22. The molecule has 0 bridgehead atoms. The van der Waals surface area contributed by atoms with E-state index in [1.54, 1.807) is 24.4 Å². The predicted octanol–water partition coefficient (Wildman–Crippen LogP) is 4.15. The van der Waals surface area contributed by atoms with Crippen LogP contribution in [0.25, 0.3) is 16.9 Å². The molecule has 0 aliphatic heterocycles. The van der Waals surface area contributed by atoms with Gasteiger partial charge in [0.25, 0.3) is 0 Å². The number of hydrogen-bond donors (Lipinski definition) is 1. The molecule has 1 aliphatic rings. The Morgan fingerprint density at radius 3 is 2.73 bits per heavy atom. The van der Waals surface area contributed by atoms with Crippen molar-refractivity contribution in [2.75, 3.05) is 0 Å². The number of hydrogen-bond acceptors (Lipinski definition) is 6. The number of aromatic nitrogens is 7. The molecule has 154 valence electrons. The van der Waals surface area contributed by atoms with Gasteiger partial charge in [0.15, 0.2) is 5.65 Å². The van der Waals surface area contributed by atoms with Crippen LogP contribution in [-0.2, 0) is 0 Å². The van der Waals surface area contributed by atoms with Gasteiger partial charge < -0.3 is 4.74 Å². The van der Waals surface area contributed by atoms with Crippen LogP contribution >= 0.6 is 0 Å². The molecule has 1 saturated carbocycles. The summed E-state index contributed by atoms with van der Waals surface area (Å²) in [5, 5.41) is 19.2. The lowest BCUT2D eigenvalue weighted by Crippen LogP contribution is -2.09. The van der Waals surface area contributed by atoms with Crippen LogP contribution in [0.15, 0.2) is 30.5 Å². The minimum atomic E-state index is -0.360. The number of fused-ring (bicyclic) bond motifs is 1. The van der Waals surface area contributed by atoms with Gasteiger partial charge in [-0.1, -0.05) is 25.0 Å². The molecule has 1 N–H and O–H groups in total. The van der Waals surface area contributed by atoms with Gasteiger partial charge in [0, 0.05) is 11.5 Å². The minimum absolute atomic E-state index is 0.302. The number of imidazole rings is 1. The summed E-state index contributed by atoms with van der Waals surface area (Å²) in [5.74, 6) is 1.16. The van der Waals surface area contributed by atoms with Crippen molar-refractivity contribution >= 4 is 5.65 Å². The molecule has 5 rings (SSSR count). The molecule has 9 heteroatoms. The average Bonchev–Trinajstić information content (AvgIpc) is 3.50. The highest BCUT2D eigenvalue weighted by molar-refractivity contribution is 5.75. The number of nitrogens with one attached hydrogen (secondary N) is 1. The summed E-state index contributed by atoms with van der Waals surface area (Å²) in [6, 6.07) is 6.54. The zero-order valence-electron chi connectivity index (χ0n) is 16.8. The fourth-order valence-electron chi connectivity index (χ4n) is 4.22. The summed E-state index contributed by atoms with van der Waals surface area (Å²) in [5.41, 5.74) is 2.99. The molecule has 0 saturated heterocycles. The molecule has 0 amide bonds. The highest BCUT2D eigenvalue weighted by atomic mass is 19.1. The topological polar surface area (TPSA) is 93.9 Å². The van der Waals surface area contributed by atoms with E-state index in [9.17, 15) is 4.39 Å². The van der Waals surface area contributed by atoms with E-state index < -0.39 is 0 Å². The molecule has 1 aliphatic carbocycles. The van der Waals surface area contributed by atoms with E-state index in [2.05, 4.69) is 25.6 Å². The van der Waals surface area contributed by atoms with Crippen LogP contribution in [0.2, 0.25) is 0 Å². The molecule has 1 fully saturated rings. The van der Waals surface area contributed by atoms with Gasteiger partial charge in [0.2, 0.25) is 5.88 Å². The van der Waals surface area contributed by atoms with Crippen LogP contribution in [0.1, 0.15) is 61.8 Å². The van der Waals surface area contributed by atoms with E-state index in [0.29, 0.717) is 40.2 Å². The van der Waals surface area contributed by atoms with Gasteiger partial charge in [0.1, 0.15) is 29.1 Å². The molecule has 3 heterocycles. The summed E-state index contributed by atoms with van der Waals surface area (Å²) in [6.07, 6.45) is 5.72. The maximum Gasteiger partial charge on any atom is 0.237 e. The molecule has 3 aromatic heterocycles. The smallest absolute Gasteiger partial charge is 0.237 e. The van der Waals surface area contributed by atoms with Gasteiger partial charge in [-0.25, -0.2) is 4.39 Å². The maximum atomic E-state index is 14.6. The van der Waals surface area contributed by atoms with E-state index in [1.165, 1.54) is 6.07 Å². The Kier molecular flexibility index (Phi) is 4.65. The lowest BCUT2D eigenvalue weighted by Gasteiger charge is -2.16. The Hall–Kier alpha value is -3.36. The van der Waals surface area contributed by atoms with E-state index in [-0.39, 0.29) is 11.9 Å². The third-order valence-electron chi connectivity index (χ3n) is 5.72. The zero-order chi connectivity index (χ0) is 20.7. The third kappa shape index (κ3) is 3.10. The van der Waals surface area contributed by atoms with Gasteiger partial charge in [0.05, 0.1) is 11.9 Å². The zero-order valence-corrected chi connectivity index (χ0v) is 16.8. The summed E-state index contributed by atoms with van der Waals surface area (Å²) < 4.78 is 22.8. The average molecular weight is 407 g/mol. The lowest BCUT2D eigenvalue weighted by atomic mass is 10.0. The molecular weight excluding hydrogens is 385 g/mol. The summed E-state index contributed by atoms with van der Waals surface area (Å²) >= 11 is 0. The van der Waals surface area contributed by atoms with Crippen molar-refractivity contribution in [3.8, 4) is 17.1 Å². The Morgan fingerprint density at radius 2 is 2.00 bits per heavy atom. The number of halogens is 1. The van der Waals surface area contributed by atoms with Crippen LogP contribution in [0.3, 0.4) is 0 Å². The molecule has 1 unspecified atom stereocenters. The van der Waals surface area contributed by atoms with Crippen LogP contribution in [0.4, 0.5) is 4.39 Å². The lowest BCUT2D eigenvalue weighted by molar-refractivity contribution is 0.210. The number of rotatable bonds is 5. The van der Waals surface area contributed by atoms with Gasteiger partial charge in [-0.3, -0.25) is 4.40 Å². The van der Waals surface area contributed by atoms with Crippen molar-refractivity contribution < 1.29 is 9.13 Å². The molecule has 0 radical (unpaired) electrons. The monoisotopic (exact) mass is 407 g/mol. The first-order valence-electron chi connectivity index (χ1n) is 10.2. The first kappa shape index (κ1) is 18.7. The molecule has 8 nitrogen and oxygen atoms in total. The number of aryl methyl sites for hydroxylation is 1. The van der Waals surface area contributed by atoms with Gasteiger partial charge in [-0.05, 0) is 38.8 Å². The second-order valence-electron chi connectivity index (χ2n) is 7.67. The molecule has 4 aromatic rings. The molecule has 0 spiro atoms. The van der Waals surface area contributed by atoms with Gasteiger partial charge >= 0.3 is 0 Å². The van der Waals surface area contributed by atoms with Crippen LogP contribution < -0.4 is 4.74 Å². The van der Waals surface area contributed by atoms with E-state index in [0.717, 1.165) is 31.4 Å². The Bertz CT molecular complexity index is 1180. The van der Waals surface area contributed by atoms with E-state index in [4.69, 9.17) is 9.72 Å². The normalized spacial score (nSPS) is 15.7. The number of aromatic amines is 1. The standard InChI is InChI=1S/C21H22FN7O/c1-12(17-11-23-28-26-17)30-21-19(14-7-3-4-8-14)29-13(2)25-27-18(20(29)24-21)15-9-5-6-10-16(15)22/h5-6,9-12,14H,3-4,7-8H2,1-2H3,(H,23,26,28). The largest absolute Gasteiger partial charge is 0.467 e. The number of nitrogens with zero attached hydrogens (tertiary/aromatic N) is 6. The SMILES string of the molecule is Cc1nnc(-c2ccccc2F)c2nc(OC(C)c3cn[nH]n3)c(C3CCCC3)n12. The Balaban J connectivity index is 1.70. The van der Waals surface area contributed by atoms with Crippen molar-refractivity contribution in [1.82, 2.24) is 35.0 Å². The molecular formula is C21H22FN7O. The molecule has 1 aromatic carbocycles. The number of H-pyrrole nitrogens is 1. The van der Waals surface area contributed by atoms with Crippen molar-refractivity contribution in [2.24, 2.45) is 0 Å². The molecule has 30 heavy (non-hydrogen) atoms. The number of ether oxygens (including phenoxy) is 1. The first-order valence-corrected chi connectivity index (χ1v) is 10.2. The highest BCUT2D eigenvalue weighted by Crippen LogP contribution is 2.41. The van der Waals surface area contributed by atoms with Crippen LogP contribution in [-0.4, -0.2) is 35.0 Å². The quantitative estimate of drug-likeness (QED) is 0.534. The van der Waals surface area contributed by atoms with Gasteiger partial charge in [-0.2, -0.15) is 20.4 Å². The van der Waals surface area contributed by atoms with Crippen LogP contribution in [0, 0.1) is 12.7 Å². The minimum Gasteiger partial charge on any atom is -0.467 e. The second-order valence-corrected chi connectivity index (χ2v) is 7.67. The predicted molar refractivity (Wildman–Crippen MR) is 108 cm³/mol. The maximum absolute atomic E-state index is 14.6. The summed E-state index contributed by atoms with van der Waals surface area (Å²) in [4.78, 5) is 4.80. The van der Waals surface area contributed by atoms with Gasteiger partial charge in [-0.15, -0.1) is 10.2 Å². The van der Waals surface area contributed by atoms with Crippen molar-refractivity contribution in [3.63, 3.8) is 0 Å². The van der Waals surface area contributed by atoms with Crippen molar-refractivity contribution in [3.05, 3.63) is 53.5 Å². The van der Waals surface area contributed by atoms with Crippen molar-refractivity contribution in [1.29, 1.82) is 0 Å². The Labute approximate surface area is 172 Å². The van der Waals surface area contributed by atoms with Crippen molar-refractivity contribution in [2.45, 2.75) is 51.6 Å². The highest BCUT2D eigenvalue weighted by Gasteiger charge is 2.30. The first-order chi connectivity index (χ1) is 14.6. The number of benzene rings is 1. The Morgan fingerprint density at radius 1 is 1.20 bits per heavy atom. The molecule has 1 atom stereocenters. The summed E-state index contributed by atoms with van der Waals surface area (Å²) in [6.45, 7) is 3.79. The summed E-state index contributed by atoms with van der Waals surface area (Å²) in [7, 11) is 0. The van der Waals surface area contributed by atoms with E-state index >= 15 is 0 Å². The second kappa shape index (κ2) is 7.47. The fraction of sp³-hybridized carbons (Fsp3) is 0.381. The third-order valence-corrected chi connectivity index (χ3v) is 5.72. The van der Waals surface area contributed by atoms with E-state index in [1.807, 2.05) is 18.2 Å². The van der Waals surface area contributed by atoms with Crippen LogP contribution in [0.5, 0.6) is 5.88 Å².